The molecule has 1 aromatic carbocycles. The average Bonchev–Trinajstić information content (AvgIpc) is 3.53. The van der Waals surface area contributed by atoms with E-state index in [2.05, 4.69) is 15.5 Å². The summed E-state index contributed by atoms with van der Waals surface area (Å²) in [4.78, 5) is 42.6. The number of carbonyl (C=O) groups excluding carboxylic acids is 3. The zero-order valence-corrected chi connectivity index (χ0v) is 27.7. The van der Waals surface area contributed by atoms with Gasteiger partial charge in [-0.05, 0) is 48.6 Å². The summed E-state index contributed by atoms with van der Waals surface area (Å²) in [6.45, 7) is 9.40. The number of carbonyl (C=O) groups is 3. The maximum Gasteiger partial charge on any atom is 0.260 e. The number of rotatable bonds is 12. The van der Waals surface area contributed by atoms with Crippen molar-refractivity contribution in [2.75, 3.05) is 11.4 Å². The van der Waals surface area contributed by atoms with Gasteiger partial charge in [0.15, 0.2) is 16.4 Å². The first-order valence-electron chi connectivity index (χ1n) is 13.7. The Morgan fingerprint density at radius 3 is 2.21 bits per heavy atom. The van der Waals surface area contributed by atoms with E-state index in [4.69, 9.17) is 56.7 Å². The van der Waals surface area contributed by atoms with E-state index in [0.717, 1.165) is 22.0 Å². The number of benzene rings is 1. The summed E-state index contributed by atoms with van der Waals surface area (Å²) in [5.74, 6) is -0.971. The second-order valence-corrected chi connectivity index (χ2v) is 12.2. The summed E-state index contributed by atoms with van der Waals surface area (Å²) < 4.78 is 5.13. The van der Waals surface area contributed by atoms with Crippen molar-refractivity contribution in [3.8, 4) is 11.5 Å². The van der Waals surface area contributed by atoms with Crippen LogP contribution in [0.4, 0.5) is 5.69 Å². The van der Waals surface area contributed by atoms with Crippen LogP contribution in [0, 0.1) is 18.8 Å². The molecule has 0 radical (unpaired) electrons. The fourth-order valence-corrected chi connectivity index (χ4v) is 4.53. The van der Waals surface area contributed by atoms with Gasteiger partial charge < -0.3 is 20.5 Å². The highest BCUT2D eigenvalue weighted by Crippen LogP contribution is 2.25. The fraction of sp³-hybridized carbons (Fsp3) is 0.433. The molecule has 9 nitrogen and oxygen atoms in total. The van der Waals surface area contributed by atoms with Gasteiger partial charge in [-0.25, -0.2) is 0 Å². The van der Waals surface area contributed by atoms with Crippen molar-refractivity contribution in [2.24, 2.45) is 17.6 Å². The van der Waals surface area contributed by atoms with Crippen molar-refractivity contribution < 1.29 is 18.9 Å². The maximum absolute atomic E-state index is 13.1. The number of amides is 2. The van der Waals surface area contributed by atoms with E-state index in [0.29, 0.717) is 17.1 Å². The number of halogens is 4. The van der Waals surface area contributed by atoms with Crippen molar-refractivity contribution in [3.63, 3.8) is 0 Å². The maximum atomic E-state index is 13.1. The van der Waals surface area contributed by atoms with Gasteiger partial charge in [-0.2, -0.15) is 0 Å². The van der Waals surface area contributed by atoms with Gasteiger partial charge in [0, 0.05) is 41.0 Å². The molecule has 2 aromatic heterocycles. The Balaban J connectivity index is 0.000000609. The number of nitrogens with zero attached hydrogens (tertiary/aromatic N) is 3. The molecule has 0 saturated heterocycles. The Kier molecular flexibility index (Phi) is 14.9. The standard InChI is InChI=1S/C23H31Cl2N5O4.C7H6Cl2/c1-5-14(4)19(26)22(32)29-20(13(2)3)17(31)8-11-30(23(33)21(24)25)15-6-9-27-16(12-15)18-7-10-28-34-18;1-5-6(8)3-2-4-7(5)9/h6-7,9-10,12-14,19-21H,5,8,11,26H2,1-4H3,(H,29,32);2-4H,1H3/t14?,19-,20?;/m0./s1. The zero-order chi connectivity index (χ0) is 32.3. The van der Waals surface area contributed by atoms with Crippen molar-refractivity contribution in [3.05, 3.63) is 64.4 Å². The van der Waals surface area contributed by atoms with Crippen LogP contribution in [-0.4, -0.2) is 51.2 Å². The Morgan fingerprint density at radius 2 is 1.70 bits per heavy atom. The van der Waals surface area contributed by atoms with E-state index in [1.165, 1.54) is 17.3 Å². The summed E-state index contributed by atoms with van der Waals surface area (Å²) in [7, 11) is 0. The van der Waals surface area contributed by atoms with Gasteiger partial charge in [-0.15, -0.1) is 0 Å². The molecule has 3 atom stereocenters. The predicted octanol–water partition coefficient (Wildman–Crippen LogP) is 6.65. The molecule has 2 amide bonds. The number of alkyl halides is 2. The molecule has 0 aliphatic heterocycles. The molecule has 13 heteroatoms. The number of hydrogen-bond donors (Lipinski definition) is 2. The lowest BCUT2D eigenvalue weighted by molar-refractivity contribution is -0.130. The molecule has 234 valence electrons. The fourth-order valence-electron chi connectivity index (χ4n) is 3.89. The van der Waals surface area contributed by atoms with Gasteiger partial charge in [0.1, 0.15) is 5.69 Å². The van der Waals surface area contributed by atoms with Crippen LogP contribution < -0.4 is 16.0 Å². The number of hydrogen-bond acceptors (Lipinski definition) is 7. The quantitative estimate of drug-likeness (QED) is 0.206. The van der Waals surface area contributed by atoms with Gasteiger partial charge in [0.05, 0.1) is 18.3 Å². The molecule has 43 heavy (non-hydrogen) atoms. The number of anilines is 1. The molecular weight excluding hydrogens is 636 g/mol. The van der Waals surface area contributed by atoms with Crippen LogP contribution in [-0.2, 0) is 14.4 Å². The van der Waals surface area contributed by atoms with Gasteiger partial charge >= 0.3 is 0 Å². The SMILES string of the molecule is CCC(C)[C@H](N)C(=O)NC(C(=O)CCN(C(=O)C(Cl)Cl)c1ccnc(-c2ccno2)c1)C(C)C.Cc1c(Cl)cccc1Cl. The minimum Gasteiger partial charge on any atom is -0.355 e. The number of Topliss-reactive ketones (excluding diaryl/α,β-unsaturated/α-hetero) is 1. The van der Waals surface area contributed by atoms with Crippen molar-refractivity contribution in [2.45, 2.75) is 64.4 Å². The molecule has 0 aliphatic rings. The summed E-state index contributed by atoms with van der Waals surface area (Å²) in [6.07, 6.45) is 3.69. The minimum absolute atomic E-state index is 0.00394. The van der Waals surface area contributed by atoms with Crippen LogP contribution in [0.2, 0.25) is 10.0 Å². The third kappa shape index (κ3) is 10.8. The molecule has 3 rings (SSSR count). The van der Waals surface area contributed by atoms with E-state index in [9.17, 15) is 14.4 Å². The number of nitrogens with two attached hydrogens (primary N) is 1. The molecule has 0 fully saturated rings. The molecule has 3 aromatic rings. The Bertz CT molecular complexity index is 1330. The molecule has 2 unspecified atom stereocenters. The van der Waals surface area contributed by atoms with Gasteiger partial charge in [0.25, 0.3) is 5.91 Å². The molecule has 0 bridgehead atoms. The summed E-state index contributed by atoms with van der Waals surface area (Å²) in [5, 5.41) is 7.88. The highest BCUT2D eigenvalue weighted by atomic mass is 35.5. The summed E-state index contributed by atoms with van der Waals surface area (Å²) >= 11 is 23.2. The topological polar surface area (TPSA) is 131 Å². The highest BCUT2D eigenvalue weighted by molar-refractivity contribution is 6.54. The van der Waals surface area contributed by atoms with Crippen LogP contribution in [0.5, 0.6) is 0 Å². The minimum atomic E-state index is -1.33. The van der Waals surface area contributed by atoms with E-state index in [1.807, 2.05) is 52.8 Å². The lowest BCUT2D eigenvalue weighted by Gasteiger charge is -2.27. The monoisotopic (exact) mass is 671 g/mol. The van der Waals surface area contributed by atoms with Crippen LogP contribution in [0.3, 0.4) is 0 Å². The van der Waals surface area contributed by atoms with Crippen LogP contribution in [0.1, 0.15) is 46.1 Å². The van der Waals surface area contributed by atoms with Crippen LogP contribution in [0.15, 0.2) is 53.3 Å². The number of nitrogens with one attached hydrogen (secondary N) is 1. The number of pyridine rings is 1. The number of aromatic nitrogens is 2. The molecule has 3 N–H and O–H groups in total. The summed E-state index contributed by atoms with van der Waals surface area (Å²) in [5.41, 5.74) is 7.86. The van der Waals surface area contributed by atoms with E-state index < -0.39 is 22.8 Å². The third-order valence-corrected chi connectivity index (χ3v) is 8.04. The highest BCUT2D eigenvalue weighted by Gasteiger charge is 2.30. The van der Waals surface area contributed by atoms with Gasteiger partial charge in [-0.1, -0.05) is 91.7 Å². The molecule has 2 heterocycles. The predicted molar refractivity (Wildman–Crippen MR) is 173 cm³/mol. The Hall–Kier alpha value is -2.69. The number of ketones is 1. The van der Waals surface area contributed by atoms with E-state index in [1.54, 1.807) is 18.2 Å². The Labute approximate surface area is 272 Å². The normalized spacial score (nSPS) is 13.1. The average molecular weight is 673 g/mol. The zero-order valence-electron chi connectivity index (χ0n) is 24.7. The van der Waals surface area contributed by atoms with Crippen LogP contribution in [0.25, 0.3) is 11.5 Å². The van der Waals surface area contributed by atoms with Crippen LogP contribution >= 0.6 is 46.4 Å². The van der Waals surface area contributed by atoms with Gasteiger partial charge in [-0.3, -0.25) is 19.4 Å². The third-order valence-electron chi connectivity index (χ3n) is 6.85. The lowest BCUT2D eigenvalue weighted by Crippen LogP contribution is -2.52. The lowest BCUT2D eigenvalue weighted by atomic mass is 9.95. The molecular formula is C30H37Cl4N5O4. The van der Waals surface area contributed by atoms with E-state index in [-0.39, 0.29) is 36.5 Å². The first kappa shape index (κ1) is 36.5. The first-order chi connectivity index (χ1) is 20.3. The van der Waals surface area contributed by atoms with Crippen molar-refractivity contribution >= 4 is 69.7 Å². The van der Waals surface area contributed by atoms with Crippen molar-refractivity contribution in [1.82, 2.24) is 15.5 Å². The molecule has 0 saturated carbocycles. The Morgan fingerprint density at radius 1 is 1.05 bits per heavy atom. The molecule has 0 aliphatic carbocycles. The molecule has 0 spiro atoms. The van der Waals surface area contributed by atoms with Gasteiger partial charge in [0.2, 0.25) is 5.91 Å². The second kappa shape index (κ2) is 17.6. The van der Waals surface area contributed by atoms with Crippen molar-refractivity contribution in [1.29, 1.82) is 0 Å². The largest absolute Gasteiger partial charge is 0.355 e. The smallest absolute Gasteiger partial charge is 0.260 e. The second-order valence-electron chi connectivity index (χ2n) is 10.3. The van der Waals surface area contributed by atoms with E-state index >= 15 is 0 Å². The summed E-state index contributed by atoms with van der Waals surface area (Å²) in [6, 6.07) is 8.87. The first-order valence-corrected chi connectivity index (χ1v) is 15.4.